The molecule has 5 nitrogen and oxygen atoms in total. The first-order chi connectivity index (χ1) is 8.81. The molecule has 0 saturated carbocycles. The van der Waals surface area contributed by atoms with Gasteiger partial charge >= 0.3 is 0 Å². The fourth-order valence-electron chi connectivity index (χ4n) is 1.65. The highest BCUT2D eigenvalue weighted by atomic mass is 16.7. The molecule has 1 aliphatic rings. The summed E-state index contributed by atoms with van der Waals surface area (Å²) in [4.78, 5) is 23.6. The second kappa shape index (κ2) is 5.84. The fraction of sp³-hybridized carbons (Fsp3) is 0.429. The van der Waals surface area contributed by atoms with E-state index in [1.807, 2.05) is 0 Å². The Morgan fingerprint density at radius 2 is 2.11 bits per heavy atom. The topological polar surface area (TPSA) is 72.8 Å². The summed E-state index contributed by atoms with van der Waals surface area (Å²) in [5.74, 6) is -0.874. The number of ether oxygens (including phenoxy) is 2. The summed E-state index contributed by atoms with van der Waals surface area (Å²) in [6.07, 6.45) is 5.68. The molecule has 19 heavy (non-hydrogen) atoms. The van der Waals surface area contributed by atoms with Gasteiger partial charge in [-0.05, 0) is 26.8 Å². The predicted octanol–water partition coefficient (Wildman–Crippen LogP) is 1.28. The zero-order valence-electron chi connectivity index (χ0n) is 11.5. The minimum absolute atomic E-state index is 0.0517. The molecule has 0 bridgehead atoms. The summed E-state index contributed by atoms with van der Waals surface area (Å²) < 4.78 is 10.3. The normalized spacial score (nSPS) is 25.2. The van der Waals surface area contributed by atoms with Gasteiger partial charge in [0.25, 0.3) is 5.95 Å². The Labute approximate surface area is 112 Å². The molecule has 1 rings (SSSR count). The Morgan fingerprint density at radius 3 is 2.53 bits per heavy atom. The molecule has 1 aliphatic heterocycles. The number of aliphatic hydroxyl groups excluding tert-OH is 1. The summed E-state index contributed by atoms with van der Waals surface area (Å²) in [7, 11) is 1.34. The molecule has 0 aromatic rings. The van der Waals surface area contributed by atoms with Crippen LogP contribution < -0.4 is 0 Å². The Hall–Kier alpha value is -1.88. The van der Waals surface area contributed by atoms with Crippen LogP contribution in [0.5, 0.6) is 0 Å². The number of carbonyl (C=O) groups excluding carboxylic acids is 2. The Morgan fingerprint density at radius 1 is 1.47 bits per heavy atom. The summed E-state index contributed by atoms with van der Waals surface area (Å²) in [6, 6.07) is 0. The van der Waals surface area contributed by atoms with Crippen LogP contribution in [0.1, 0.15) is 20.8 Å². The Kier molecular flexibility index (Phi) is 4.67. The number of carbonyl (C=O) groups is 2. The second-order valence-electron chi connectivity index (χ2n) is 4.45. The SMILES string of the molecule is COC1=C(C(C)=O)C(=O)C(C)(C=CC=CC(C)O)O1. The van der Waals surface area contributed by atoms with Crippen LogP contribution in [0.25, 0.3) is 0 Å². The molecular weight excluding hydrogens is 248 g/mol. The van der Waals surface area contributed by atoms with Gasteiger partial charge in [-0.2, -0.15) is 0 Å². The van der Waals surface area contributed by atoms with E-state index in [1.54, 1.807) is 32.1 Å². The van der Waals surface area contributed by atoms with E-state index in [-0.39, 0.29) is 11.5 Å². The van der Waals surface area contributed by atoms with Crippen LogP contribution in [0, 0.1) is 0 Å². The van der Waals surface area contributed by atoms with E-state index in [0.29, 0.717) is 0 Å². The van der Waals surface area contributed by atoms with Gasteiger partial charge in [0.05, 0.1) is 13.2 Å². The lowest BCUT2D eigenvalue weighted by Crippen LogP contribution is -2.32. The quantitative estimate of drug-likeness (QED) is 0.599. The van der Waals surface area contributed by atoms with Gasteiger partial charge in [0, 0.05) is 0 Å². The van der Waals surface area contributed by atoms with Crippen molar-refractivity contribution in [2.45, 2.75) is 32.5 Å². The predicted molar refractivity (Wildman–Crippen MR) is 69.2 cm³/mol. The summed E-state index contributed by atoms with van der Waals surface area (Å²) in [5.41, 5.74) is -1.32. The monoisotopic (exact) mass is 266 g/mol. The number of rotatable bonds is 5. The molecule has 2 atom stereocenters. The van der Waals surface area contributed by atoms with Crippen LogP contribution >= 0.6 is 0 Å². The van der Waals surface area contributed by atoms with Crippen molar-refractivity contribution in [3.8, 4) is 0 Å². The van der Waals surface area contributed by atoms with Crippen molar-refractivity contribution in [3.05, 3.63) is 35.8 Å². The first kappa shape index (κ1) is 15.2. The first-order valence-electron chi connectivity index (χ1n) is 5.89. The van der Waals surface area contributed by atoms with Crippen molar-refractivity contribution in [2.24, 2.45) is 0 Å². The van der Waals surface area contributed by atoms with Gasteiger partial charge in [0.15, 0.2) is 11.4 Å². The molecule has 5 heteroatoms. The third kappa shape index (κ3) is 3.32. The van der Waals surface area contributed by atoms with Gasteiger partial charge in [-0.3, -0.25) is 9.59 Å². The van der Waals surface area contributed by atoms with Crippen molar-refractivity contribution in [1.82, 2.24) is 0 Å². The molecule has 0 aromatic carbocycles. The summed E-state index contributed by atoms with van der Waals surface area (Å²) in [6.45, 7) is 4.46. The standard InChI is InChI=1S/C14H18O5/c1-9(15)7-5-6-8-14(3)12(17)11(10(2)16)13(18-4)19-14/h5-9,15H,1-4H3. The fourth-order valence-corrected chi connectivity index (χ4v) is 1.65. The van der Waals surface area contributed by atoms with Gasteiger partial charge in [-0.25, -0.2) is 0 Å². The molecule has 0 spiro atoms. The van der Waals surface area contributed by atoms with Crippen molar-refractivity contribution in [3.63, 3.8) is 0 Å². The first-order valence-corrected chi connectivity index (χ1v) is 5.89. The molecule has 0 fully saturated rings. The smallest absolute Gasteiger partial charge is 0.295 e. The molecule has 104 valence electrons. The Bertz CT molecular complexity index is 470. The van der Waals surface area contributed by atoms with Crippen LogP contribution in [0.4, 0.5) is 0 Å². The molecule has 0 aliphatic carbocycles. The number of Topliss-reactive ketones (excluding diaryl/α,β-unsaturated/α-hetero) is 2. The van der Waals surface area contributed by atoms with Crippen molar-refractivity contribution in [1.29, 1.82) is 0 Å². The van der Waals surface area contributed by atoms with Gasteiger partial charge in [-0.15, -0.1) is 0 Å². The van der Waals surface area contributed by atoms with Crippen LogP contribution in [0.15, 0.2) is 35.8 Å². The largest absolute Gasteiger partial charge is 0.468 e. The number of hydrogen-bond acceptors (Lipinski definition) is 5. The average Bonchev–Trinajstić information content (AvgIpc) is 2.58. The molecule has 1 N–H and O–H groups in total. The van der Waals surface area contributed by atoms with E-state index in [0.717, 1.165) is 0 Å². The molecular formula is C14H18O5. The number of aliphatic hydroxyl groups is 1. The highest BCUT2D eigenvalue weighted by molar-refractivity contribution is 6.24. The lowest BCUT2D eigenvalue weighted by atomic mass is 9.95. The van der Waals surface area contributed by atoms with E-state index < -0.39 is 23.3 Å². The molecule has 0 radical (unpaired) electrons. The zero-order valence-corrected chi connectivity index (χ0v) is 11.5. The lowest BCUT2D eigenvalue weighted by molar-refractivity contribution is -0.128. The molecule has 0 aromatic heterocycles. The van der Waals surface area contributed by atoms with E-state index in [1.165, 1.54) is 20.1 Å². The van der Waals surface area contributed by atoms with Crippen molar-refractivity contribution < 1.29 is 24.2 Å². The van der Waals surface area contributed by atoms with E-state index >= 15 is 0 Å². The van der Waals surface area contributed by atoms with Gasteiger partial charge in [-0.1, -0.05) is 18.2 Å². The third-order valence-corrected chi connectivity index (χ3v) is 2.64. The van der Waals surface area contributed by atoms with Crippen molar-refractivity contribution >= 4 is 11.6 Å². The maximum absolute atomic E-state index is 12.2. The highest BCUT2D eigenvalue weighted by Gasteiger charge is 2.46. The van der Waals surface area contributed by atoms with E-state index in [9.17, 15) is 9.59 Å². The average molecular weight is 266 g/mol. The van der Waals surface area contributed by atoms with Gasteiger partial charge < -0.3 is 14.6 Å². The minimum atomic E-state index is -1.25. The van der Waals surface area contributed by atoms with Gasteiger partial charge in [0.1, 0.15) is 5.57 Å². The number of ketones is 2. The van der Waals surface area contributed by atoms with Crippen LogP contribution in [0.3, 0.4) is 0 Å². The van der Waals surface area contributed by atoms with E-state index in [4.69, 9.17) is 14.6 Å². The molecule has 0 saturated heterocycles. The summed E-state index contributed by atoms with van der Waals surface area (Å²) >= 11 is 0. The third-order valence-electron chi connectivity index (χ3n) is 2.64. The minimum Gasteiger partial charge on any atom is -0.468 e. The maximum atomic E-state index is 12.2. The second-order valence-corrected chi connectivity index (χ2v) is 4.45. The Balaban J connectivity index is 2.94. The van der Waals surface area contributed by atoms with Crippen LogP contribution in [-0.4, -0.2) is 35.5 Å². The zero-order chi connectivity index (χ0) is 14.6. The molecule has 0 amide bonds. The van der Waals surface area contributed by atoms with Crippen LogP contribution in [0.2, 0.25) is 0 Å². The van der Waals surface area contributed by atoms with E-state index in [2.05, 4.69) is 0 Å². The highest BCUT2D eigenvalue weighted by Crippen LogP contribution is 2.32. The maximum Gasteiger partial charge on any atom is 0.295 e. The number of hydrogen-bond donors (Lipinski definition) is 1. The summed E-state index contributed by atoms with van der Waals surface area (Å²) in [5, 5.41) is 9.06. The number of methoxy groups -OCH3 is 1. The van der Waals surface area contributed by atoms with Crippen molar-refractivity contribution in [2.75, 3.05) is 7.11 Å². The molecule has 1 heterocycles. The molecule has 2 unspecified atom stereocenters. The van der Waals surface area contributed by atoms with Gasteiger partial charge in [0.2, 0.25) is 5.78 Å². The van der Waals surface area contributed by atoms with Crippen LogP contribution in [-0.2, 0) is 19.1 Å². The lowest BCUT2D eigenvalue weighted by Gasteiger charge is -2.18. The number of allylic oxidation sites excluding steroid dienone is 2.